The van der Waals surface area contributed by atoms with E-state index in [9.17, 15) is 14.0 Å². The number of hydrazone groups is 1. The fourth-order valence-corrected chi connectivity index (χ4v) is 2.47. The first kappa shape index (κ1) is 20.7. The number of esters is 1. The quantitative estimate of drug-likeness (QED) is 0.280. The highest BCUT2D eigenvalue weighted by atomic mass is 19.1. The number of hydrogen-bond donors (Lipinski definition) is 1. The van der Waals surface area contributed by atoms with Crippen LogP contribution in [0.3, 0.4) is 0 Å². The first-order valence-electron chi connectivity index (χ1n) is 9.09. The molecule has 0 saturated heterocycles. The van der Waals surface area contributed by atoms with Gasteiger partial charge in [-0.15, -0.1) is 0 Å². The average Bonchev–Trinajstić information content (AvgIpc) is 2.73. The summed E-state index contributed by atoms with van der Waals surface area (Å²) >= 11 is 0. The van der Waals surface area contributed by atoms with E-state index in [0.717, 1.165) is 11.6 Å². The molecule has 6 nitrogen and oxygen atoms in total. The molecular formula is C23H19FN2O4. The minimum Gasteiger partial charge on any atom is -0.484 e. The van der Waals surface area contributed by atoms with E-state index in [4.69, 9.17) is 9.47 Å². The van der Waals surface area contributed by atoms with Gasteiger partial charge in [-0.2, -0.15) is 5.10 Å². The third-order valence-electron chi connectivity index (χ3n) is 3.91. The minimum absolute atomic E-state index is 0.122. The summed E-state index contributed by atoms with van der Waals surface area (Å²) in [5.41, 5.74) is 4.21. The summed E-state index contributed by atoms with van der Waals surface area (Å²) in [7, 11) is 0. The Morgan fingerprint density at radius 3 is 2.50 bits per heavy atom. The van der Waals surface area contributed by atoms with Crippen LogP contribution in [0.1, 0.15) is 21.5 Å². The monoisotopic (exact) mass is 406 g/mol. The lowest BCUT2D eigenvalue weighted by atomic mass is 10.2. The molecule has 7 heteroatoms. The van der Waals surface area contributed by atoms with Crippen molar-refractivity contribution in [3.05, 3.63) is 95.3 Å². The molecular weight excluding hydrogens is 387 g/mol. The predicted molar refractivity (Wildman–Crippen MR) is 110 cm³/mol. The fourth-order valence-electron chi connectivity index (χ4n) is 2.47. The van der Waals surface area contributed by atoms with Crippen molar-refractivity contribution in [1.29, 1.82) is 0 Å². The molecule has 1 N–H and O–H groups in total. The summed E-state index contributed by atoms with van der Waals surface area (Å²) in [6, 6.07) is 19.1. The summed E-state index contributed by atoms with van der Waals surface area (Å²) in [6.45, 7) is 1.78. The lowest BCUT2D eigenvalue weighted by Gasteiger charge is -2.06. The number of benzene rings is 3. The van der Waals surface area contributed by atoms with Gasteiger partial charge in [-0.3, -0.25) is 4.79 Å². The number of aryl methyl sites for hydroxylation is 1. The van der Waals surface area contributed by atoms with Gasteiger partial charge in [0.1, 0.15) is 17.3 Å². The molecule has 0 unspecified atom stereocenters. The van der Waals surface area contributed by atoms with Crippen molar-refractivity contribution in [2.24, 2.45) is 5.10 Å². The summed E-state index contributed by atoms with van der Waals surface area (Å²) in [6.07, 6.45) is 1.45. The Labute approximate surface area is 173 Å². The highest BCUT2D eigenvalue weighted by Gasteiger charge is 2.09. The molecule has 0 saturated carbocycles. The number of carbonyl (C=O) groups excluding carboxylic acids is 2. The van der Waals surface area contributed by atoms with Gasteiger partial charge in [-0.05, 0) is 72.6 Å². The molecule has 3 rings (SSSR count). The van der Waals surface area contributed by atoms with E-state index >= 15 is 0 Å². The number of ether oxygens (including phenoxy) is 2. The van der Waals surface area contributed by atoms with Crippen LogP contribution in [0.2, 0.25) is 0 Å². The molecule has 30 heavy (non-hydrogen) atoms. The van der Waals surface area contributed by atoms with Crippen LogP contribution in [0.25, 0.3) is 0 Å². The standard InChI is InChI=1S/C23H19FN2O4/c1-16-4-2-7-21(12-16)29-15-22(27)26-25-14-17-8-10-20(11-9-17)30-23(28)18-5-3-6-19(24)13-18/h2-14H,15H2,1H3,(H,26,27)/b25-14+. The van der Waals surface area contributed by atoms with Gasteiger partial charge in [0.15, 0.2) is 6.61 Å². The number of carbonyl (C=O) groups is 2. The molecule has 0 aromatic heterocycles. The summed E-state index contributed by atoms with van der Waals surface area (Å²) < 4.78 is 23.8. The van der Waals surface area contributed by atoms with E-state index in [1.807, 2.05) is 25.1 Å². The predicted octanol–water partition coefficient (Wildman–Crippen LogP) is 3.88. The second kappa shape index (κ2) is 9.97. The number of nitrogens with one attached hydrogen (secondary N) is 1. The zero-order valence-electron chi connectivity index (χ0n) is 16.2. The van der Waals surface area contributed by atoms with Crippen LogP contribution in [0.15, 0.2) is 77.9 Å². The van der Waals surface area contributed by atoms with Crippen LogP contribution in [0, 0.1) is 12.7 Å². The van der Waals surface area contributed by atoms with Crippen molar-refractivity contribution in [2.75, 3.05) is 6.61 Å². The Kier molecular flexibility index (Phi) is 6.89. The molecule has 0 atom stereocenters. The van der Waals surface area contributed by atoms with Crippen LogP contribution < -0.4 is 14.9 Å². The molecule has 1 amide bonds. The third-order valence-corrected chi connectivity index (χ3v) is 3.91. The van der Waals surface area contributed by atoms with Crippen molar-refractivity contribution < 1.29 is 23.5 Å². The van der Waals surface area contributed by atoms with E-state index in [0.29, 0.717) is 17.1 Å². The zero-order valence-corrected chi connectivity index (χ0v) is 16.2. The Bertz CT molecular complexity index is 1060. The molecule has 3 aromatic carbocycles. The number of nitrogens with zero attached hydrogens (tertiary/aromatic N) is 1. The molecule has 0 heterocycles. The Balaban J connectivity index is 1.47. The van der Waals surface area contributed by atoms with Gasteiger partial charge in [0.05, 0.1) is 11.8 Å². The van der Waals surface area contributed by atoms with Crippen molar-refractivity contribution in [3.8, 4) is 11.5 Å². The lowest BCUT2D eigenvalue weighted by Crippen LogP contribution is -2.24. The van der Waals surface area contributed by atoms with Crippen molar-refractivity contribution in [3.63, 3.8) is 0 Å². The topological polar surface area (TPSA) is 77.0 Å². The first-order valence-corrected chi connectivity index (χ1v) is 9.09. The number of halogens is 1. The number of hydrogen-bond acceptors (Lipinski definition) is 5. The molecule has 0 aliphatic heterocycles. The summed E-state index contributed by atoms with van der Waals surface area (Å²) in [4.78, 5) is 23.8. The SMILES string of the molecule is Cc1cccc(OCC(=O)N/N=C/c2ccc(OC(=O)c3cccc(F)c3)cc2)c1. The largest absolute Gasteiger partial charge is 0.484 e. The second-order valence-electron chi connectivity index (χ2n) is 6.37. The fraction of sp³-hybridized carbons (Fsp3) is 0.0870. The van der Waals surface area contributed by atoms with E-state index in [1.165, 1.54) is 24.4 Å². The van der Waals surface area contributed by atoms with Gasteiger partial charge in [0.25, 0.3) is 5.91 Å². The van der Waals surface area contributed by atoms with Gasteiger partial charge in [-0.25, -0.2) is 14.6 Å². The van der Waals surface area contributed by atoms with Crippen LogP contribution in [0.5, 0.6) is 11.5 Å². The van der Waals surface area contributed by atoms with E-state index in [-0.39, 0.29) is 12.2 Å². The van der Waals surface area contributed by atoms with E-state index < -0.39 is 17.7 Å². The van der Waals surface area contributed by atoms with Gasteiger partial charge >= 0.3 is 5.97 Å². The first-order chi connectivity index (χ1) is 14.5. The zero-order chi connectivity index (χ0) is 21.3. The molecule has 0 bridgehead atoms. The molecule has 0 fully saturated rings. The third kappa shape index (κ3) is 6.27. The maximum Gasteiger partial charge on any atom is 0.343 e. The van der Waals surface area contributed by atoms with Gasteiger partial charge in [0, 0.05) is 0 Å². The molecule has 3 aromatic rings. The van der Waals surface area contributed by atoms with Crippen LogP contribution >= 0.6 is 0 Å². The average molecular weight is 406 g/mol. The molecule has 0 spiro atoms. The second-order valence-corrected chi connectivity index (χ2v) is 6.37. The van der Waals surface area contributed by atoms with Gasteiger partial charge < -0.3 is 9.47 Å². The van der Waals surface area contributed by atoms with E-state index in [2.05, 4.69) is 10.5 Å². The van der Waals surface area contributed by atoms with E-state index in [1.54, 1.807) is 30.3 Å². The maximum atomic E-state index is 13.2. The molecule has 0 aliphatic carbocycles. The smallest absolute Gasteiger partial charge is 0.343 e. The van der Waals surface area contributed by atoms with Gasteiger partial charge in [0.2, 0.25) is 0 Å². The van der Waals surface area contributed by atoms with Crippen LogP contribution in [-0.2, 0) is 4.79 Å². The Morgan fingerprint density at radius 1 is 1.00 bits per heavy atom. The highest BCUT2D eigenvalue weighted by Crippen LogP contribution is 2.14. The van der Waals surface area contributed by atoms with Crippen LogP contribution in [-0.4, -0.2) is 24.7 Å². The molecule has 0 radical (unpaired) electrons. The lowest BCUT2D eigenvalue weighted by molar-refractivity contribution is -0.123. The minimum atomic E-state index is -0.656. The summed E-state index contributed by atoms with van der Waals surface area (Å²) in [5, 5.41) is 3.87. The molecule has 0 aliphatic rings. The van der Waals surface area contributed by atoms with Gasteiger partial charge in [-0.1, -0.05) is 18.2 Å². The Hall–Kier alpha value is -4.00. The number of amides is 1. The van der Waals surface area contributed by atoms with Crippen LogP contribution in [0.4, 0.5) is 4.39 Å². The van der Waals surface area contributed by atoms with Crippen molar-refractivity contribution in [1.82, 2.24) is 5.43 Å². The van der Waals surface area contributed by atoms with Crippen molar-refractivity contribution in [2.45, 2.75) is 6.92 Å². The molecule has 152 valence electrons. The number of rotatable bonds is 7. The maximum absolute atomic E-state index is 13.2. The summed E-state index contributed by atoms with van der Waals surface area (Å²) in [5.74, 6) is -0.651. The normalized spacial score (nSPS) is 10.6. The van der Waals surface area contributed by atoms with Crippen molar-refractivity contribution >= 4 is 18.1 Å². The highest BCUT2D eigenvalue weighted by molar-refractivity contribution is 5.91. The Morgan fingerprint density at radius 2 is 1.77 bits per heavy atom.